The van der Waals surface area contributed by atoms with Gasteiger partial charge in [0.25, 0.3) is 0 Å². The first-order chi connectivity index (χ1) is 5.88. The SMILES string of the molecule is CC(=O)C[C@H]1C[C@@H]2O[C@]2(C)C1(C)C. The summed E-state index contributed by atoms with van der Waals surface area (Å²) in [5.74, 6) is 0.830. The fourth-order valence-corrected chi connectivity index (χ4v) is 2.75. The summed E-state index contributed by atoms with van der Waals surface area (Å²) < 4.78 is 5.66. The molecule has 0 aromatic rings. The molecule has 3 atom stereocenters. The first kappa shape index (κ1) is 9.20. The smallest absolute Gasteiger partial charge is 0.130 e. The highest BCUT2D eigenvalue weighted by Gasteiger charge is 2.69. The van der Waals surface area contributed by atoms with Gasteiger partial charge in [-0.05, 0) is 31.6 Å². The molecule has 0 spiro atoms. The Labute approximate surface area is 79.7 Å². The molecule has 0 aromatic carbocycles. The molecule has 1 saturated carbocycles. The van der Waals surface area contributed by atoms with E-state index in [0.717, 1.165) is 12.8 Å². The minimum absolute atomic E-state index is 0.0626. The predicted molar refractivity (Wildman–Crippen MR) is 50.5 cm³/mol. The van der Waals surface area contributed by atoms with Gasteiger partial charge in [0.15, 0.2) is 0 Å². The van der Waals surface area contributed by atoms with Crippen LogP contribution in [-0.2, 0) is 9.53 Å². The van der Waals surface area contributed by atoms with E-state index in [-0.39, 0.29) is 11.0 Å². The standard InChI is InChI=1S/C11H18O2/c1-7(12)5-8-6-9-11(4,13-9)10(8,2)3/h8-9H,5-6H2,1-4H3/t8-,9-,11-/m0/s1. The minimum Gasteiger partial charge on any atom is -0.366 e. The predicted octanol–water partition coefficient (Wildman–Crippen LogP) is 2.17. The van der Waals surface area contributed by atoms with Crippen molar-refractivity contribution in [1.82, 2.24) is 0 Å². The lowest BCUT2D eigenvalue weighted by Gasteiger charge is -2.32. The second-order valence-corrected chi connectivity index (χ2v) is 5.27. The molecule has 2 rings (SSSR count). The van der Waals surface area contributed by atoms with Crippen LogP contribution in [0, 0.1) is 11.3 Å². The molecule has 0 N–H and O–H groups in total. The number of Topliss-reactive ketones (excluding diaryl/α,β-unsaturated/α-hetero) is 1. The molecule has 0 aromatic heterocycles. The van der Waals surface area contributed by atoms with Gasteiger partial charge in [-0.1, -0.05) is 13.8 Å². The Morgan fingerprint density at radius 2 is 2.08 bits per heavy atom. The quantitative estimate of drug-likeness (QED) is 0.612. The summed E-state index contributed by atoms with van der Waals surface area (Å²) in [6.45, 7) is 8.32. The van der Waals surface area contributed by atoms with E-state index in [1.807, 2.05) is 0 Å². The van der Waals surface area contributed by atoms with Gasteiger partial charge in [-0.3, -0.25) is 0 Å². The molecule has 0 bridgehead atoms. The van der Waals surface area contributed by atoms with Crippen LogP contribution in [0.25, 0.3) is 0 Å². The highest BCUT2D eigenvalue weighted by molar-refractivity contribution is 5.76. The molecule has 2 aliphatic rings. The van der Waals surface area contributed by atoms with Crippen molar-refractivity contribution < 1.29 is 9.53 Å². The maximum Gasteiger partial charge on any atom is 0.130 e. The molecular formula is C11H18O2. The third-order valence-electron chi connectivity index (χ3n) is 4.28. The summed E-state index contributed by atoms with van der Waals surface area (Å²) in [5, 5.41) is 0. The van der Waals surface area contributed by atoms with E-state index >= 15 is 0 Å². The molecular weight excluding hydrogens is 164 g/mol. The number of ketones is 1. The number of carbonyl (C=O) groups is 1. The van der Waals surface area contributed by atoms with Gasteiger partial charge in [0.05, 0.1) is 11.7 Å². The summed E-state index contributed by atoms with van der Waals surface area (Å²) in [4.78, 5) is 11.1. The van der Waals surface area contributed by atoms with Crippen LogP contribution in [0.2, 0.25) is 0 Å². The number of hydrogen-bond donors (Lipinski definition) is 0. The Kier molecular flexibility index (Phi) is 1.66. The maximum absolute atomic E-state index is 11.1. The number of rotatable bonds is 2. The minimum atomic E-state index is 0.0626. The van der Waals surface area contributed by atoms with Crippen LogP contribution in [-0.4, -0.2) is 17.5 Å². The zero-order valence-electron chi connectivity index (χ0n) is 8.89. The van der Waals surface area contributed by atoms with Gasteiger partial charge >= 0.3 is 0 Å². The van der Waals surface area contributed by atoms with Crippen LogP contribution in [0.4, 0.5) is 0 Å². The van der Waals surface area contributed by atoms with Gasteiger partial charge in [-0.15, -0.1) is 0 Å². The van der Waals surface area contributed by atoms with Crippen molar-refractivity contribution in [1.29, 1.82) is 0 Å². The van der Waals surface area contributed by atoms with Crippen LogP contribution in [0.3, 0.4) is 0 Å². The molecule has 0 amide bonds. The maximum atomic E-state index is 11.1. The lowest BCUT2D eigenvalue weighted by molar-refractivity contribution is -0.119. The Bertz CT molecular complexity index is 257. The second kappa shape index (κ2) is 2.35. The van der Waals surface area contributed by atoms with Crippen molar-refractivity contribution in [3.8, 4) is 0 Å². The first-order valence-corrected chi connectivity index (χ1v) is 5.05. The largest absolute Gasteiger partial charge is 0.366 e. The summed E-state index contributed by atoms with van der Waals surface area (Å²) >= 11 is 0. The third kappa shape index (κ3) is 1.08. The molecule has 2 heteroatoms. The van der Waals surface area contributed by atoms with E-state index in [2.05, 4.69) is 20.8 Å². The van der Waals surface area contributed by atoms with Crippen molar-refractivity contribution in [2.75, 3.05) is 0 Å². The van der Waals surface area contributed by atoms with Crippen LogP contribution >= 0.6 is 0 Å². The summed E-state index contributed by atoms with van der Waals surface area (Å²) in [7, 11) is 0. The van der Waals surface area contributed by atoms with E-state index in [1.54, 1.807) is 6.92 Å². The zero-order valence-corrected chi connectivity index (χ0v) is 8.89. The lowest BCUT2D eigenvalue weighted by atomic mass is 9.73. The van der Waals surface area contributed by atoms with E-state index in [4.69, 9.17) is 4.74 Å². The molecule has 0 unspecified atom stereocenters. The Morgan fingerprint density at radius 3 is 2.46 bits per heavy atom. The molecule has 74 valence electrons. The normalized spacial score (nSPS) is 45.8. The summed E-state index contributed by atoms with van der Waals surface area (Å²) in [6, 6.07) is 0. The van der Waals surface area contributed by atoms with Crippen molar-refractivity contribution >= 4 is 5.78 Å². The van der Waals surface area contributed by atoms with E-state index < -0.39 is 0 Å². The van der Waals surface area contributed by atoms with Crippen molar-refractivity contribution in [3.05, 3.63) is 0 Å². The molecule has 0 radical (unpaired) electrons. The van der Waals surface area contributed by atoms with Gasteiger partial charge in [-0.25, -0.2) is 0 Å². The van der Waals surface area contributed by atoms with Crippen molar-refractivity contribution in [3.63, 3.8) is 0 Å². The zero-order chi connectivity index (χ0) is 9.85. The van der Waals surface area contributed by atoms with Gasteiger partial charge in [-0.2, -0.15) is 0 Å². The fourth-order valence-electron chi connectivity index (χ4n) is 2.75. The van der Waals surface area contributed by atoms with Crippen molar-refractivity contribution in [2.45, 2.75) is 52.2 Å². The molecule has 1 heterocycles. The van der Waals surface area contributed by atoms with Crippen LogP contribution < -0.4 is 0 Å². The number of hydrogen-bond acceptors (Lipinski definition) is 2. The molecule has 1 aliphatic heterocycles. The van der Waals surface area contributed by atoms with Gasteiger partial charge in [0, 0.05) is 6.42 Å². The van der Waals surface area contributed by atoms with E-state index in [9.17, 15) is 4.79 Å². The number of fused-ring (bicyclic) bond motifs is 1. The molecule has 2 nitrogen and oxygen atoms in total. The second-order valence-electron chi connectivity index (χ2n) is 5.27. The average Bonchev–Trinajstić information content (AvgIpc) is 2.56. The van der Waals surface area contributed by atoms with Crippen LogP contribution in [0.5, 0.6) is 0 Å². The summed E-state index contributed by atoms with van der Waals surface area (Å²) in [5.41, 5.74) is 0.233. The molecule has 13 heavy (non-hydrogen) atoms. The van der Waals surface area contributed by atoms with Gasteiger partial charge < -0.3 is 9.53 Å². The van der Waals surface area contributed by atoms with E-state index in [0.29, 0.717) is 17.8 Å². The van der Waals surface area contributed by atoms with Gasteiger partial charge in [0.2, 0.25) is 0 Å². The number of carbonyl (C=O) groups excluding carboxylic acids is 1. The Balaban J connectivity index is 2.13. The number of epoxide rings is 1. The van der Waals surface area contributed by atoms with Crippen LogP contribution in [0.15, 0.2) is 0 Å². The Hall–Kier alpha value is -0.370. The first-order valence-electron chi connectivity index (χ1n) is 5.05. The molecule has 1 aliphatic carbocycles. The third-order valence-corrected chi connectivity index (χ3v) is 4.28. The molecule has 2 fully saturated rings. The monoisotopic (exact) mass is 182 g/mol. The number of ether oxygens (including phenoxy) is 1. The fraction of sp³-hybridized carbons (Fsp3) is 0.909. The van der Waals surface area contributed by atoms with E-state index in [1.165, 1.54) is 0 Å². The van der Waals surface area contributed by atoms with Gasteiger partial charge in [0.1, 0.15) is 5.78 Å². The summed E-state index contributed by atoms with van der Waals surface area (Å²) in [6.07, 6.45) is 2.22. The lowest BCUT2D eigenvalue weighted by Crippen LogP contribution is -2.33. The highest BCUT2D eigenvalue weighted by Crippen LogP contribution is 2.63. The topological polar surface area (TPSA) is 29.6 Å². The van der Waals surface area contributed by atoms with Crippen LogP contribution in [0.1, 0.15) is 40.5 Å². The average molecular weight is 182 g/mol. The molecule has 1 saturated heterocycles. The highest BCUT2D eigenvalue weighted by atomic mass is 16.6. The van der Waals surface area contributed by atoms with Crippen molar-refractivity contribution in [2.24, 2.45) is 11.3 Å². The Morgan fingerprint density at radius 1 is 1.46 bits per heavy atom.